The number of hydrogen-bond donors (Lipinski definition) is 9. The molecule has 0 aliphatic rings. The average Bonchev–Trinajstić information content (AvgIpc) is 2.82. The molecule has 0 aromatic heterocycles. The van der Waals surface area contributed by atoms with E-state index in [9.17, 15) is 34.2 Å². The Morgan fingerprint density at radius 3 is 1.73 bits per heavy atom. The van der Waals surface area contributed by atoms with Crippen LogP contribution in [0.1, 0.15) is 58.2 Å². The van der Waals surface area contributed by atoms with Gasteiger partial charge in [-0.3, -0.25) is 15.0 Å². The fourth-order valence-electron chi connectivity index (χ4n) is 3.82. The highest BCUT2D eigenvalue weighted by molar-refractivity contribution is 5.93. The third kappa shape index (κ3) is 13.9. The first-order valence-corrected chi connectivity index (χ1v) is 13.7. The number of carbonyl (C=O) groups is 5. The minimum atomic E-state index is -1.61. The molecule has 1 rings (SSSR count). The molecule has 0 radical (unpaired) electrons. The van der Waals surface area contributed by atoms with E-state index in [-0.39, 0.29) is 18.7 Å². The number of carboxylic acids is 1. The van der Waals surface area contributed by atoms with Crippen LogP contribution in [0.4, 0.5) is 9.59 Å². The van der Waals surface area contributed by atoms with E-state index >= 15 is 0 Å². The molecular weight excluding hydrogens is 578 g/mol. The van der Waals surface area contributed by atoms with Crippen LogP contribution < -0.4 is 32.3 Å². The average molecular weight is 624 g/mol. The lowest BCUT2D eigenvalue weighted by molar-refractivity contribution is -0.142. The number of carbonyl (C=O) groups excluding carboxylic acids is 4. The number of carboxylic acid groups (broad SMARTS) is 1. The van der Waals surface area contributed by atoms with Crippen molar-refractivity contribution in [1.82, 2.24) is 26.6 Å². The maximum atomic E-state index is 13.5. The Hall–Kier alpha value is -4.76. The topological polar surface area (TPSA) is 254 Å². The minimum Gasteiger partial charge on any atom is -0.508 e. The SMILES string of the molecule is Cc1cc(O)cc(C)c1CC(NC(=O)C(CNC(=N)N)NC(=O)OC(C)(C)C)C(=O)NC(CNC(=O)OC(C)(C)C)C(=O)O. The van der Waals surface area contributed by atoms with Gasteiger partial charge in [0.25, 0.3) is 0 Å². The summed E-state index contributed by atoms with van der Waals surface area (Å²) < 4.78 is 10.3. The normalized spacial score (nSPS) is 13.4. The number of guanidine groups is 1. The number of benzene rings is 1. The second kappa shape index (κ2) is 15.6. The van der Waals surface area contributed by atoms with Crippen molar-refractivity contribution in [3.05, 3.63) is 28.8 Å². The number of hydrogen-bond acceptors (Lipinski definition) is 9. The number of rotatable bonds is 12. The smallest absolute Gasteiger partial charge is 0.408 e. The molecule has 0 aliphatic heterocycles. The molecule has 1 aromatic carbocycles. The molecule has 0 fully saturated rings. The zero-order valence-corrected chi connectivity index (χ0v) is 26.3. The van der Waals surface area contributed by atoms with Gasteiger partial charge in [0.2, 0.25) is 11.8 Å². The van der Waals surface area contributed by atoms with Gasteiger partial charge in [-0.1, -0.05) is 0 Å². The molecule has 0 saturated heterocycles. The molecule has 3 atom stereocenters. The number of nitrogens with one attached hydrogen (secondary N) is 6. The Bertz CT molecular complexity index is 1220. The monoisotopic (exact) mass is 623 g/mol. The highest BCUT2D eigenvalue weighted by atomic mass is 16.6. The Morgan fingerprint density at radius 1 is 0.795 bits per heavy atom. The van der Waals surface area contributed by atoms with Gasteiger partial charge in [0.05, 0.1) is 6.54 Å². The lowest BCUT2D eigenvalue weighted by atomic mass is 9.95. The summed E-state index contributed by atoms with van der Waals surface area (Å²) in [5, 5.41) is 39.0. The molecule has 16 nitrogen and oxygen atoms in total. The van der Waals surface area contributed by atoms with Crippen LogP contribution in [0.15, 0.2) is 12.1 Å². The van der Waals surface area contributed by atoms with Crippen molar-refractivity contribution in [2.75, 3.05) is 13.1 Å². The van der Waals surface area contributed by atoms with Crippen LogP contribution >= 0.6 is 0 Å². The fourth-order valence-corrected chi connectivity index (χ4v) is 3.82. The third-order valence-electron chi connectivity index (χ3n) is 5.69. The molecule has 1 aromatic rings. The minimum absolute atomic E-state index is 0.00937. The van der Waals surface area contributed by atoms with Crippen molar-refractivity contribution in [2.24, 2.45) is 5.73 Å². The lowest BCUT2D eigenvalue weighted by Gasteiger charge is -2.27. The standard InChI is InChI=1S/C28H45N7O9/c1-14-9-16(36)10-15(2)17(14)11-18(21(37)34-20(23(39)40)13-32-25(41)43-27(3,4)5)33-22(38)19(12-31-24(29)30)35-26(42)44-28(6,7)8/h9-10,18-20,36H,11-13H2,1-8H3,(H,32,41)(H,33,38)(H,34,37)(H,35,42)(H,39,40)(H4,29,30,31). The molecule has 0 saturated carbocycles. The number of nitrogens with two attached hydrogens (primary N) is 1. The van der Waals surface area contributed by atoms with E-state index in [1.54, 1.807) is 55.4 Å². The summed E-state index contributed by atoms with van der Waals surface area (Å²) in [6, 6.07) is -1.45. The Morgan fingerprint density at radius 2 is 1.25 bits per heavy atom. The molecule has 0 bridgehead atoms. The van der Waals surface area contributed by atoms with Crippen LogP contribution in [-0.2, 0) is 30.3 Å². The third-order valence-corrected chi connectivity index (χ3v) is 5.69. The van der Waals surface area contributed by atoms with E-state index in [4.69, 9.17) is 20.6 Å². The number of aromatic hydroxyl groups is 1. The highest BCUT2D eigenvalue weighted by Crippen LogP contribution is 2.22. The fraction of sp³-hybridized carbons (Fsp3) is 0.571. The van der Waals surface area contributed by atoms with E-state index in [1.165, 1.54) is 12.1 Å². The summed E-state index contributed by atoms with van der Waals surface area (Å²) in [6.07, 6.45) is -1.98. The van der Waals surface area contributed by atoms with Crippen LogP contribution in [0.2, 0.25) is 0 Å². The Kier molecular flexibility index (Phi) is 13.2. The van der Waals surface area contributed by atoms with Gasteiger partial charge >= 0.3 is 18.2 Å². The van der Waals surface area contributed by atoms with Crippen LogP contribution in [0.25, 0.3) is 0 Å². The van der Waals surface area contributed by atoms with E-state index in [1.807, 2.05) is 0 Å². The number of aryl methyl sites for hydroxylation is 2. The van der Waals surface area contributed by atoms with Gasteiger partial charge in [0, 0.05) is 13.0 Å². The van der Waals surface area contributed by atoms with E-state index in [2.05, 4.69) is 26.6 Å². The first-order chi connectivity index (χ1) is 20.1. The van der Waals surface area contributed by atoms with Crippen LogP contribution in [0, 0.1) is 19.3 Å². The van der Waals surface area contributed by atoms with Crippen molar-refractivity contribution >= 4 is 35.9 Å². The van der Waals surface area contributed by atoms with Gasteiger partial charge in [-0.15, -0.1) is 0 Å². The molecule has 0 heterocycles. The van der Waals surface area contributed by atoms with E-state index in [0.717, 1.165) is 0 Å². The first kappa shape index (κ1) is 37.3. The summed E-state index contributed by atoms with van der Waals surface area (Å²) in [6.45, 7) is 12.2. The Labute approximate surface area is 256 Å². The van der Waals surface area contributed by atoms with Crippen molar-refractivity contribution in [1.29, 1.82) is 5.41 Å². The quantitative estimate of drug-likeness (QED) is 0.114. The van der Waals surface area contributed by atoms with Gasteiger partial charge in [0.15, 0.2) is 5.96 Å². The largest absolute Gasteiger partial charge is 0.508 e. The lowest BCUT2D eigenvalue weighted by Crippen LogP contribution is -2.60. The molecule has 0 spiro atoms. The van der Waals surface area contributed by atoms with Gasteiger partial charge in [-0.25, -0.2) is 14.4 Å². The molecule has 10 N–H and O–H groups in total. The van der Waals surface area contributed by atoms with Gasteiger partial charge in [-0.05, 0) is 84.2 Å². The van der Waals surface area contributed by atoms with Crippen molar-refractivity contribution in [3.8, 4) is 5.75 Å². The predicted octanol–water partition coefficient (Wildman–Crippen LogP) is 0.507. The van der Waals surface area contributed by atoms with Crippen LogP contribution in [0.5, 0.6) is 5.75 Å². The molecule has 4 amide bonds. The number of alkyl carbamates (subject to hydrolysis) is 2. The van der Waals surface area contributed by atoms with Crippen LogP contribution in [0.3, 0.4) is 0 Å². The second-order valence-electron chi connectivity index (χ2n) is 12.1. The molecule has 44 heavy (non-hydrogen) atoms. The Balaban J connectivity index is 3.32. The van der Waals surface area contributed by atoms with E-state index in [0.29, 0.717) is 16.7 Å². The zero-order chi connectivity index (χ0) is 34.0. The summed E-state index contributed by atoms with van der Waals surface area (Å²) in [5.74, 6) is -3.76. The number of phenolic OH excluding ortho intramolecular Hbond substituents is 1. The maximum absolute atomic E-state index is 13.5. The molecular formula is C28H45N7O9. The van der Waals surface area contributed by atoms with Gasteiger partial charge < -0.3 is 52.0 Å². The molecule has 246 valence electrons. The maximum Gasteiger partial charge on any atom is 0.408 e. The van der Waals surface area contributed by atoms with Gasteiger partial charge in [-0.2, -0.15) is 0 Å². The number of phenols is 1. The number of ether oxygens (including phenoxy) is 2. The molecule has 0 aliphatic carbocycles. The number of aliphatic carboxylic acids is 1. The summed E-state index contributed by atoms with van der Waals surface area (Å²) in [4.78, 5) is 63.4. The summed E-state index contributed by atoms with van der Waals surface area (Å²) in [5.41, 5.74) is 5.39. The van der Waals surface area contributed by atoms with Crippen LogP contribution in [-0.4, -0.2) is 88.6 Å². The first-order valence-electron chi connectivity index (χ1n) is 13.7. The number of amides is 4. The van der Waals surface area contributed by atoms with Gasteiger partial charge in [0.1, 0.15) is 35.1 Å². The van der Waals surface area contributed by atoms with Crippen molar-refractivity contribution in [3.63, 3.8) is 0 Å². The summed E-state index contributed by atoms with van der Waals surface area (Å²) in [7, 11) is 0. The molecule has 16 heteroatoms. The summed E-state index contributed by atoms with van der Waals surface area (Å²) >= 11 is 0. The zero-order valence-electron chi connectivity index (χ0n) is 26.3. The van der Waals surface area contributed by atoms with Crippen molar-refractivity contribution < 1.29 is 43.7 Å². The second-order valence-corrected chi connectivity index (χ2v) is 12.1. The highest BCUT2D eigenvalue weighted by Gasteiger charge is 2.32. The molecule has 3 unspecified atom stereocenters. The van der Waals surface area contributed by atoms with Crippen molar-refractivity contribution in [2.45, 2.75) is 91.1 Å². The van der Waals surface area contributed by atoms with E-state index < -0.39 is 71.8 Å². The predicted molar refractivity (Wildman–Crippen MR) is 160 cm³/mol.